The molecule has 0 atom stereocenters. The summed E-state index contributed by atoms with van der Waals surface area (Å²) < 4.78 is 2.42. The van der Waals surface area contributed by atoms with E-state index in [1.165, 1.54) is 6.92 Å². The molecule has 0 radical (unpaired) electrons. The summed E-state index contributed by atoms with van der Waals surface area (Å²) in [5, 5.41) is 1.61. The molecule has 0 aliphatic heterocycles. The lowest BCUT2D eigenvalue weighted by Gasteiger charge is -2.01. The molecule has 2 aromatic rings. The normalized spacial score (nSPS) is 10.8. The first-order chi connectivity index (χ1) is 6.59. The molecule has 1 aromatic heterocycles. The van der Waals surface area contributed by atoms with Gasteiger partial charge in [0.1, 0.15) is 0 Å². The highest BCUT2D eigenvalue weighted by molar-refractivity contribution is 9.10. The monoisotopic (exact) mass is 271 g/mol. The van der Waals surface area contributed by atoms with Gasteiger partial charge >= 0.3 is 0 Å². The molecule has 0 spiro atoms. The molecule has 1 heterocycles. The van der Waals surface area contributed by atoms with Crippen molar-refractivity contribution in [1.29, 1.82) is 0 Å². The van der Waals surface area contributed by atoms with E-state index in [9.17, 15) is 4.79 Å². The van der Waals surface area contributed by atoms with E-state index in [4.69, 9.17) is 11.6 Å². The first-order valence-electron chi connectivity index (χ1n) is 4.06. The van der Waals surface area contributed by atoms with Crippen molar-refractivity contribution in [2.24, 2.45) is 0 Å². The Bertz CT molecular complexity index is 518. The molecule has 72 valence electrons. The van der Waals surface area contributed by atoms with Crippen molar-refractivity contribution in [2.75, 3.05) is 0 Å². The summed E-state index contributed by atoms with van der Waals surface area (Å²) in [5.41, 5.74) is 0.839. The van der Waals surface area contributed by atoms with Crippen LogP contribution in [0.3, 0.4) is 0 Å². The van der Waals surface area contributed by atoms with Crippen LogP contribution in [0.1, 0.15) is 11.7 Å². The summed E-state index contributed by atoms with van der Waals surface area (Å²) in [6.07, 6.45) is 1.75. The molecular weight excluding hydrogens is 265 g/mol. The third-order valence-electron chi connectivity index (χ3n) is 2.07. The maximum Gasteiger partial charge on any atom is 0.227 e. The van der Waals surface area contributed by atoms with Crippen molar-refractivity contribution in [3.8, 4) is 0 Å². The lowest BCUT2D eigenvalue weighted by molar-refractivity contribution is 0.0941. The molecule has 4 heteroatoms. The summed E-state index contributed by atoms with van der Waals surface area (Å²) in [5.74, 6) is -0.0154. The molecule has 14 heavy (non-hydrogen) atoms. The summed E-state index contributed by atoms with van der Waals surface area (Å²) in [7, 11) is 0. The van der Waals surface area contributed by atoms with Gasteiger partial charge in [-0.1, -0.05) is 11.6 Å². The quantitative estimate of drug-likeness (QED) is 0.716. The van der Waals surface area contributed by atoms with Crippen molar-refractivity contribution in [2.45, 2.75) is 6.92 Å². The topological polar surface area (TPSA) is 22.0 Å². The Labute approximate surface area is 94.6 Å². The molecule has 0 bridgehead atoms. The van der Waals surface area contributed by atoms with Crippen molar-refractivity contribution in [1.82, 2.24) is 4.57 Å². The van der Waals surface area contributed by atoms with E-state index < -0.39 is 0 Å². The number of hydrogen-bond donors (Lipinski definition) is 0. The zero-order chi connectivity index (χ0) is 10.3. The van der Waals surface area contributed by atoms with Gasteiger partial charge in [0.15, 0.2) is 0 Å². The number of nitrogens with zero attached hydrogens (tertiary/aromatic N) is 1. The van der Waals surface area contributed by atoms with Crippen molar-refractivity contribution in [3.05, 3.63) is 33.9 Å². The molecule has 2 rings (SSSR count). The molecule has 0 aliphatic rings. The SMILES string of the molecule is CC(=O)n1ccc2cc(Br)c(Cl)cc21. The predicted octanol–water partition coefficient (Wildman–Crippen LogP) is 3.72. The standard InChI is InChI=1S/C10H7BrClNO/c1-6(14)13-3-2-7-4-8(11)9(12)5-10(7)13/h2-5H,1H3. The second-order valence-electron chi connectivity index (χ2n) is 3.03. The molecular formula is C10H7BrClNO. The average molecular weight is 273 g/mol. The Balaban J connectivity index is 2.80. The largest absolute Gasteiger partial charge is 0.287 e. The zero-order valence-corrected chi connectivity index (χ0v) is 9.76. The highest BCUT2D eigenvalue weighted by Gasteiger charge is 2.07. The number of aromatic nitrogens is 1. The number of carbonyl (C=O) groups excluding carboxylic acids is 1. The first kappa shape index (κ1) is 9.74. The van der Waals surface area contributed by atoms with Crippen LogP contribution in [0.5, 0.6) is 0 Å². The second-order valence-corrected chi connectivity index (χ2v) is 4.29. The molecule has 0 fully saturated rings. The van der Waals surface area contributed by atoms with Gasteiger partial charge in [0.2, 0.25) is 5.91 Å². The molecule has 0 unspecified atom stereocenters. The minimum atomic E-state index is -0.0154. The molecule has 0 amide bonds. The van der Waals surface area contributed by atoms with E-state index in [1.54, 1.807) is 16.8 Å². The smallest absolute Gasteiger partial charge is 0.227 e. The Morgan fingerprint density at radius 3 is 2.86 bits per heavy atom. The Kier molecular flexibility index (Phi) is 2.37. The summed E-state index contributed by atoms with van der Waals surface area (Å²) in [6, 6.07) is 5.57. The fourth-order valence-corrected chi connectivity index (χ4v) is 1.92. The van der Waals surface area contributed by atoms with E-state index in [0.29, 0.717) is 5.02 Å². The molecule has 2 nitrogen and oxygen atoms in total. The number of rotatable bonds is 0. The van der Waals surface area contributed by atoms with Gasteiger partial charge in [0.25, 0.3) is 0 Å². The molecule has 0 saturated heterocycles. The van der Waals surface area contributed by atoms with Crippen LogP contribution >= 0.6 is 27.5 Å². The maximum atomic E-state index is 11.2. The van der Waals surface area contributed by atoms with Crippen LogP contribution in [0.15, 0.2) is 28.9 Å². The van der Waals surface area contributed by atoms with E-state index in [-0.39, 0.29) is 5.91 Å². The van der Waals surface area contributed by atoms with Gasteiger partial charge in [-0.3, -0.25) is 9.36 Å². The van der Waals surface area contributed by atoms with Gasteiger partial charge in [-0.2, -0.15) is 0 Å². The summed E-state index contributed by atoms with van der Waals surface area (Å²) in [6.45, 7) is 1.52. The Morgan fingerprint density at radius 2 is 2.21 bits per heavy atom. The fraction of sp³-hybridized carbons (Fsp3) is 0.100. The van der Waals surface area contributed by atoms with E-state index in [2.05, 4.69) is 15.9 Å². The number of benzene rings is 1. The van der Waals surface area contributed by atoms with E-state index in [1.807, 2.05) is 12.1 Å². The Hall–Kier alpha value is -0.800. The van der Waals surface area contributed by atoms with Crippen LogP contribution < -0.4 is 0 Å². The van der Waals surface area contributed by atoms with Crippen LogP contribution in [0.4, 0.5) is 0 Å². The number of hydrogen-bond acceptors (Lipinski definition) is 1. The van der Waals surface area contributed by atoms with Gasteiger partial charge in [-0.05, 0) is 34.1 Å². The number of carbonyl (C=O) groups is 1. The molecule has 0 saturated carbocycles. The Morgan fingerprint density at radius 1 is 1.50 bits per heavy atom. The van der Waals surface area contributed by atoms with E-state index in [0.717, 1.165) is 15.4 Å². The van der Waals surface area contributed by atoms with Crippen LogP contribution in [0.2, 0.25) is 5.02 Å². The van der Waals surface area contributed by atoms with Crippen LogP contribution in [0.25, 0.3) is 10.9 Å². The van der Waals surface area contributed by atoms with E-state index >= 15 is 0 Å². The lowest BCUT2D eigenvalue weighted by atomic mass is 10.2. The van der Waals surface area contributed by atoms with Gasteiger partial charge in [-0.25, -0.2) is 0 Å². The van der Waals surface area contributed by atoms with Gasteiger partial charge in [0, 0.05) is 23.0 Å². The minimum absolute atomic E-state index is 0.0154. The predicted molar refractivity (Wildman–Crippen MR) is 60.9 cm³/mol. The maximum absolute atomic E-state index is 11.2. The average Bonchev–Trinajstić information content (AvgIpc) is 2.48. The second kappa shape index (κ2) is 3.41. The van der Waals surface area contributed by atoms with Crippen LogP contribution in [-0.4, -0.2) is 10.5 Å². The third-order valence-corrected chi connectivity index (χ3v) is 3.27. The molecule has 1 aromatic carbocycles. The molecule has 0 aliphatic carbocycles. The summed E-state index contributed by atoms with van der Waals surface area (Å²) in [4.78, 5) is 11.2. The number of fused-ring (bicyclic) bond motifs is 1. The van der Waals surface area contributed by atoms with Crippen molar-refractivity contribution < 1.29 is 4.79 Å². The van der Waals surface area contributed by atoms with Gasteiger partial charge in [-0.15, -0.1) is 0 Å². The molecule has 0 N–H and O–H groups in total. The first-order valence-corrected chi connectivity index (χ1v) is 5.24. The van der Waals surface area contributed by atoms with Crippen molar-refractivity contribution in [3.63, 3.8) is 0 Å². The number of halogens is 2. The zero-order valence-electron chi connectivity index (χ0n) is 7.42. The van der Waals surface area contributed by atoms with Gasteiger partial charge < -0.3 is 0 Å². The third kappa shape index (κ3) is 1.47. The minimum Gasteiger partial charge on any atom is -0.287 e. The fourth-order valence-electron chi connectivity index (χ4n) is 1.40. The lowest BCUT2D eigenvalue weighted by Crippen LogP contribution is -2.02. The van der Waals surface area contributed by atoms with Crippen molar-refractivity contribution >= 4 is 44.3 Å². The highest BCUT2D eigenvalue weighted by atomic mass is 79.9. The highest BCUT2D eigenvalue weighted by Crippen LogP contribution is 2.28. The van der Waals surface area contributed by atoms with Crippen LogP contribution in [0, 0.1) is 0 Å². The van der Waals surface area contributed by atoms with Gasteiger partial charge in [0.05, 0.1) is 10.5 Å². The van der Waals surface area contributed by atoms with Crippen LogP contribution in [-0.2, 0) is 0 Å². The summed E-state index contributed by atoms with van der Waals surface area (Å²) >= 11 is 9.29.